The van der Waals surface area contributed by atoms with Crippen LogP contribution in [0.2, 0.25) is 0 Å². The molecule has 0 radical (unpaired) electrons. The van der Waals surface area contributed by atoms with E-state index in [-0.39, 0.29) is 24.5 Å². The maximum absolute atomic E-state index is 13.6. The van der Waals surface area contributed by atoms with E-state index in [0.29, 0.717) is 11.8 Å². The molecule has 196 valence electrons. The molecule has 3 saturated heterocycles. The fraction of sp³-hybridized carbons (Fsp3) is 0.960. The van der Waals surface area contributed by atoms with Crippen LogP contribution in [0, 0.1) is 17.8 Å². The van der Waals surface area contributed by atoms with Crippen LogP contribution in [-0.4, -0.2) is 94.8 Å². The number of hydrogen-bond donors (Lipinski definition) is 3. The van der Waals surface area contributed by atoms with Gasteiger partial charge in [0.1, 0.15) is 17.6 Å². The topological polar surface area (TPSA) is 91.3 Å². The van der Waals surface area contributed by atoms with Crippen molar-refractivity contribution < 1.29 is 24.5 Å². The number of ether oxygens (including phenoxy) is 2. The molecule has 0 aromatic heterocycles. The molecule has 34 heavy (non-hydrogen) atoms. The maximum Gasteiger partial charge on any atom is 0.240 e. The number of likely N-dealkylation sites (N-methyl/N-ethyl adjacent to an activating group) is 1. The largest absolute Gasteiger partial charge is 0.390 e. The summed E-state index contributed by atoms with van der Waals surface area (Å²) in [5.41, 5.74) is -0.552. The van der Waals surface area contributed by atoms with E-state index in [1.165, 1.54) is 43.9 Å². The van der Waals surface area contributed by atoms with Gasteiger partial charge < -0.3 is 25.0 Å². The Kier molecular flexibility index (Phi) is 9.49. The lowest BCUT2D eigenvalue weighted by molar-refractivity contribution is -0.149. The SMILES string of the molecule is CSC1O[C@H]([C@H](NC(=O)[C@@H]2[C@@H]3OCC[C@H](C4CCCCC4)C[C@H]3CN2C)[C@H](C)Cl)CC(O)[C@H]1O. The van der Waals surface area contributed by atoms with E-state index >= 15 is 0 Å². The molecule has 3 N–H and O–H groups in total. The first-order valence-electron chi connectivity index (χ1n) is 13.1. The van der Waals surface area contributed by atoms with Crippen molar-refractivity contribution in [3.63, 3.8) is 0 Å². The van der Waals surface area contributed by atoms with Gasteiger partial charge in [-0.2, -0.15) is 0 Å². The molecule has 10 atom stereocenters. The Morgan fingerprint density at radius 1 is 1.12 bits per heavy atom. The number of thioether (sulfide) groups is 1. The number of aliphatic hydroxyl groups is 2. The van der Waals surface area contributed by atoms with Gasteiger partial charge in [0.25, 0.3) is 0 Å². The predicted molar refractivity (Wildman–Crippen MR) is 135 cm³/mol. The second-order valence-electron chi connectivity index (χ2n) is 10.9. The zero-order valence-electron chi connectivity index (χ0n) is 20.8. The summed E-state index contributed by atoms with van der Waals surface area (Å²) in [4.78, 5) is 15.7. The van der Waals surface area contributed by atoms with Gasteiger partial charge in [0.05, 0.1) is 29.7 Å². The Balaban J connectivity index is 1.42. The third kappa shape index (κ3) is 5.90. The fourth-order valence-electron chi connectivity index (χ4n) is 6.82. The first-order chi connectivity index (χ1) is 16.3. The predicted octanol–water partition coefficient (Wildman–Crippen LogP) is 2.60. The van der Waals surface area contributed by atoms with E-state index in [4.69, 9.17) is 21.1 Å². The minimum atomic E-state index is -0.952. The number of rotatable bonds is 6. The minimum absolute atomic E-state index is 0.0893. The van der Waals surface area contributed by atoms with Gasteiger partial charge in [-0.25, -0.2) is 0 Å². The Hall–Kier alpha value is -0.0900. The quantitative estimate of drug-likeness (QED) is 0.465. The number of carbonyl (C=O) groups excluding carboxylic acids is 1. The second-order valence-corrected chi connectivity index (χ2v) is 12.6. The van der Waals surface area contributed by atoms with Crippen molar-refractivity contribution in [1.82, 2.24) is 10.2 Å². The van der Waals surface area contributed by atoms with E-state index in [2.05, 4.69) is 10.2 Å². The Bertz CT molecular complexity index is 682. The zero-order valence-corrected chi connectivity index (χ0v) is 22.3. The standard InChI is InChI=1S/C25H43ClN2O5S/c1-14(26)20(19-12-18(29)22(30)25(33-19)34-3)27-24(31)21-23-17(13-28(21)2)11-16(9-10-32-23)15-7-5-4-6-8-15/h14-23,25,29-30H,4-13H2,1-3H3,(H,27,31)/t14-,16-,17-,18?,19-,20+,21-,22+,23+,25?/m0/s1. The highest BCUT2D eigenvalue weighted by molar-refractivity contribution is 7.99. The van der Waals surface area contributed by atoms with Gasteiger partial charge in [-0.1, -0.05) is 32.1 Å². The van der Waals surface area contributed by atoms with E-state index in [9.17, 15) is 15.0 Å². The number of nitrogens with one attached hydrogen (secondary N) is 1. The van der Waals surface area contributed by atoms with Crippen molar-refractivity contribution in [3.05, 3.63) is 0 Å². The molecule has 3 heterocycles. The summed E-state index contributed by atoms with van der Waals surface area (Å²) in [6.07, 6.45) is 8.62. The van der Waals surface area contributed by atoms with E-state index in [1.54, 1.807) is 0 Å². The van der Waals surface area contributed by atoms with Gasteiger partial charge >= 0.3 is 0 Å². The van der Waals surface area contributed by atoms with Crippen molar-refractivity contribution >= 4 is 29.3 Å². The summed E-state index contributed by atoms with van der Waals surface area (Å²) >= 11 is 7.87. The molecular weight excluding hydrogens is 476 g/mol. The van der Waals surface area contributed by atoms with Crippen molar-refractivity contribution in [3.8, 4) is 0 Å². The van der Waals surface area contributed by atoms with E-state index in [0.717, 1.165) is 31.9 Å². The van der Waals surface area contributed by atoms with Crippen molar-refractivity contribution in [1.29, 1.82) is 0 Å². The molecule has 1 amide bonds. The highest BCUT2D eigenvalue weighted by atomic mass is 35.5. The van der Waals surface area contributed by atoms with Crippen LogP contribution in [0.5, 0.6) is 0 Å². The van der Waals surface area contributed by atoms with Gasteiger partial charge in [-0.3, -0.25) is 9.69 Å². The van der Waals surface area contributed by atoms with Crippen molar-refractivity contribution in [2.24, 2.45) is 17.8 Å². The van der Waals surface area contributed by atoms with Gasteiger partial charge in [-0.05, 0) is 44.9 Å². The highest BCUT2D eigenvalue weighted by Crippen LogP contribution is 2.41. The van der Waals surface area contributed by atoms with Crippen molar-refractivity contribution in [2.75, 3.05) is 26.5 Å². The van der Waals surface area contributed by atoms with Crippen LogP contribution >= 0.6 is 23.4 Å². The van der Waals surface area contributed by atoms with E-state index < -0.39 is 35.2 Å². The average Bonchev–Trinajstić information content (AvgIpc) is 2.99. The number of carbonyl (C=O) groups is 1. The Morgan fingerprint density at radius 3 is 2.53 bits per heavy atom. The molecule has 0 aromatic rings. The summed E-state index contributed by atoms with van der Waals surface area (Å²) < 4.78 is 12.4. The molecule has 0 aromatic carbocycles. The molecule has 4 fully saturated rings. The number of aliphatic hydroxyl groups excluding tert-OH is 2. The zero-order chi connectivity index (χ0) is 24.4. The van der Waals surface area contributed by atoms with Gasteiger partial charge in [-0.15, -0.1) is 23.4 Å². The fourth-order valence-corrected chi connectivity index (χ4v) is 7.76. The van der Waals surface area contributed by atoms with E-state index in [1.807, 2.05) is 20.2 Å². The van der Waals surface area contributed by atoms with Crippen LogP contribution in [-0.2, 0) is 14.3 Å². The summed E-state index contributed by atoms with van der Waals surface area (Å²) in [6.45, 7) is 3.42. The summed E-state index contributed by atoms with van der Waals surface area (Å²) in [7, 11) is 2.01. The molecule has 1 aliphatic carbocycles. The molecule has 9 heteroatoms. The number of fused-ring (bicyclic) bond motifs is 1. The first kappa shape index (κ1) is 27.0. The molecule has 4 rings (SSSR count). The molecule has 3 aliphatic heterocycles. The number of likely N-dealkylation sites (tertiary alicyclic amines) is 1. The molecular formula is C25H43ClN2O5S. The number of alkyl halides is 1. The third-order valence-corrected chi connectivity index (χ3v) is 9.78. The Labute approximate surface area is 213 Å². The lowest BCUT2D eigenvalue weighted by Crippen LogP contribution is -2.59. The molecule has 2 unspecified atom stereocenters. The monoisotopic (exact) mass is 518 g/mol. The highest BCUT2D eigenvalue weighted by Gasteiger charge is 2.49. The minimum Gasteiger partial charge on any atom is -0.390 e. The number of amides is 1. The van der Waals surface area contributed by atoms with Crippen LogP contribution in [0.1, 0.15) is 58.3 Å². The van der Waals surface area contributed by atoms with Gasteiger partial charge in [0, 0.05) is 25.5 Å². The smallest absolute Gasteiger partial charge is 0.240 e. The normalized spacial score (nSPS) is 41.9. The van der Waals surface area contributed by atoms with Crippen LogP contribution in [0.15, 0.2) is 0 Å². The second kappa shape index (κ2) is 12.0. The lowest BCUT2D eigenvalue weighted by Gasteiger charge is -2.41. The average molecular weight is 519 g/mol. The molecule has 0 bridgehead atoms. The summed E-state index contributed by atoms with van der Waals surface area (Å²) in [5.74, 6) is 1.79. The summed E-state index contributed by atoms with van der Waals surface area (Å²) in [5, 5.41) is 23.3. The van der Waals surface area contributed by atoms with Gasteiger partial charge in [0.15, 0.2) is 0 Å². The first-order valence-corrected chi connectivity index (χ1v) is 14.8. The van der Waals surface area contributed by atoms with Gasteiger partial charge in [0.2, 0.25) is 5.91 Å². The number of nitrogens with zero attached hydrogens (tertiary/aromatic N) is 1. The van der Waals surface area contributed by atoms with Crippen LogP contribution in [0.4, 0.5) is 0 Å². The molecule has 0 spiro atoms. The Morgan fingerprint density at radius 2 is 1.85 bits per heavy atom. The maximum atomic E-state index is 13.6. The molecule has 4 aliphatic rings. The molecule has 1 saturated carbocycles. The number of hydrogen-bond acceptors (Lipinski definition) is 7. The van der Waals surface area contributed by atoms with Crippen LogP contribution < -0.4 is 5.32 Å². The molecule has 7 nitrogen and oxygen atoms in total. The third-order valence-electron chi connectivity index (χ3n) is 8.66. The van der Waals surface area contributed by atoms with Crippen LogP contribution in [0.25, 0.3) is 0 Å². The van der Waals surface area contributed by atoms with Crippen LogP contribution in [0.3, 0.4) is 0 Å². The van der Waals surface area contributed by atoms with Crippen molar-refractivity contribution in [2.45, 2.75) is 106 Å². The lowest BCUT2D eigenvalue weighted by atomic mass is 9.75. The summed E-state index contributed by atoms with van der Waals surface area (Å²) in [6, 6.07) is -0.831. The number of halogens is 1.